The van der Waals surface area contributed by atoms with Crippen LogP contribution in [-0.4, -0.2) is 47.6 Å². The number of pyridine rings is 1. The number of hydrogen-bond donors (Lipinski definition) is 1. The van der Waals surface area contributed by atoms with Crippen LogP contribution in [0.3, 0.4) is 0 Å². The van der Waals surface area contributed by atoms with Gasteiger partial charge in [0.25, 0.3) is 0 Å². The van der Waals surface area contributed by atoms with Crippen LogP contribution in [0, 0.1) is 6.92 Å². The molecule has 2 aliphatic rings. The van der Waals surface area contributed by atoms with Gasteiger partial charge in [0.1, 0.15) is 6.61 Å². The standard InChI is InChI=1S/C18H27N3O2/c1-14-6-3-10-19-17(14)23-13-18(8-5-9-18)20-16(22)12-15-7-4-11-21(15)2/h3,6,10,15H,4-5,7-9,11-13H2,1-2H3,(H,20,22)/t15-/m0/s1. The summed E-state index contributed by atoms with van der Waals surface area (Å²) in [6.45, 7) is 3.60. The average molecular weight is 317 g/mol. The molecule has 1 aromatic rings. The molecule has 2 heterocycles. The molecule has 0 bridgehead atoms. The highest BCUT2D eigenvalue weighted by atomic mass is 16.5. The normalized spacial score (nSPS) is 23.3. The molecule has 5 nitrogen and oxygen atoms in total. The zero-order valence-electron chi connectivity index (χ0n) is 14.2. The van der Waals surface area contributed by atoms with Crippen LogP contribution < -0.4 is 10.1 Å². The zero-order chi connectivity index (χ0) is 16.3. The molecule has 1 atom stereocenters. The summed E-state index contributed by atoms with van der Waals surface area (Å²) in [7, 11) is 2.11. The molecule has 0 unspecified atom stereocenters. The third kappa shape index (κ3) is 3.83. The van der Waals surface area contributed by atoms with E-state index < -0.39 is 0 Å². The van der Waals surface area contributed by atoms with E-state index in [1.165, 1.54) is 6.42 Å². The third-order valence-electron chi connectivity index (χ3n) is 5.25. The number of carbonyl (C=O) groups is 1. The van der Waals surface area contributed by atoms with Crippen molar-refractivity contribution in [3.63, 3.8) is 0 Å². The van der Waals surface area contributed by atoms with Gasteiger partial charge in [-0.05, 0) is 58.7 Å². The maximum atomic E-state index is 12.4. The summed E-state index contributed by atoms with van der Waals surface area (Å²) in [5, 5.41) is 3.25. The molecule has 1 saturated heterocycles. The van der Waals surface area contributed by atoms with E-state index in [0.29, 0.717) is 24.9 Å². The lowest BCUT2D eigenvalue weighted by molar-refractivity contribution is -0.125. The lowest BCUT2D eigenvalue weighted by Gasteiger charge is -2.42. The van der Waals surface area contributed by atoms with Crippen molar-refractivity contribution in [1.29, 1.82) is 0 Å². The predicted molar refractivity (Wildman–Crippen MR) is 89.5 cm³/mol. The van der Waals surface area contributed by atoms with E-state index in [4.69, 9.17) is 4.74 Å². The first-order valence-corrected chi connectivity index (χ1v) is 8.64. The van der Waals surface area contributed by atoms with Gasteiger partial charge in [-0.1, -0.05) is 6.07 Å². The number of ether oxygens (including phenoxy) is 1. The molecule has 23 heavy (non-hydrogen) atoms. The fraction of sp³-hybridized carbons (Fsp3) is 0.667. The molecule has 0 radical (unpaired) electrons. The Kier molecular flexibility index (Phi) is 4.85. The second-order valence-corrected chi connectivity index (χ2v) is 7.08. The summed E-state index contributed by atoms with van der Waals surface area (Å²) in [4.78, 5) is 19.0. The molecule has 3 rings (SSSR count). The molecule has 1 saturated carbocycles. The number of aryl methyl sites for hydroxylation is 1. The monoisotopic (exact) mass is 317 g/mol. The summed E-state index contributed by atoms with van der Waals surface area (Å²) >= 11 is 0. The van der Waals surface area contributed by atoms with E-state index in [0.717, 1.165) is 37.8 Å². The molecule has 0 spiro atoms. The Morgan fingerprint density at radius 3 is 2.91 bits per heavy atom. The molecular weight excluding hydrogens is 290 g/mol. The second-order valence-electron chi connectivity index (χ2n) is 7.08. The van der Waals surface area contributed by atoms with Crippen molar-refractivity contribution in [2.75, 3.05) is 20.2 Å². The van der Waals surface area contributed by atoms with Crippen LogP contribution in [0.2, 0.25) is 0 Å². The molecule has 1 amide bonds. The molecular formula is C18H27N3O2. The van der Waals surface area contributed by atoms with E-state index in [1.54, 1.807) is 6.20 Å². The van der Waals surface area contributed by atoms with Gasteiger partial charge in [-0.3, -0.25) is 4.79 Å². The van der Waals surface area contributed by atoms with Crippen LogP contribution in [0.5, 0.6) is 5.88 Å². The Bertz CT molecular complexity index is 557. The first-order chi connectivity index (χ1) is 11.1. The molecule has 2 fully saturated rings. The van der Waals surface area contributed by atoms with Crippen LogP contribution in [0.25, 0.3) is 0 Å². The predicted octanol–water partition coefficient (Wildman–Crippen LogP) is 2.29. The van der Waals surface area contributed by atoms with Crippen LogP contribution in [0.4, 0.5) is 0 Å². The maximum Gasteiger partial charge on any atom is 0.222 e. The van der Waals surface area contributed by atoms with Crippen molar-refractivity contribution < 1.29 is 9.53 Å². The Labute approximate surface area is 138 Å². The van der Waals surface area contributed by atoms with Crippen LogP contribution in [0.15, 0.2) is 18.3 Å². The summed E-state index contributed by atoms with van der Waals surface area (Å²) in [6, 6.07) is 4.29. The number of aromatic nitrogens is 1. The summed E-state index contributed by atoms with van der Waals surface area (Å²) in [5.74, 6) is 0.827. The van der Waals surface area contributed by atoms with Crippen LogP contribution in [-0.2, 0) is 4.79 Å². The Morgan fingerprint density at radius 2 is 2.30 bits per heavy atom. The zero-order valence-corrected chi connectivity index (χ0v) is 14.2. The molecule has 1 N–H and O–H groups in total. The Hall–Kier alpha value is -1.62. The highest BCUT2D eigenvalue weighted by Gasteiger charge is 2.40. The third-order valence-corrected chi connectivity index (χ3v) is 5.25. The Balaban J connectivity index is 1.54. The molecule has 1 aliphatic heterocycles. The van der Waals surface area contributed by atoms with E-state index in [2.05, 4.69) is 22.2 Å². The minimum absolute atomic E-state index is 0.157. The quantitative estimate of drug-likeness (QED) is 0.874. The highest BCUT2D eigenvalue weighted by molar-refractivity contribution is 5.77. The number of nitrogens with zero attached hydrogens (tertiary/aromatic N) is 2. The largest absolute Gasteiger partial charge is 0.475 e. The molecule has 1 aliphatic carbocycles. The van der Waals surface area contributed by atoms with Crippen molar-refractivity contribution in [2.24, 2.45) is 0 Å². The van der Waals surface area contributed by atoms with Crippen molar-refractivity contribution in [3.8, 4) is 5.88 Å². The van der Waals surface area contributed by atoms with Gasteiger partial charge >= 0.3 is 0 Å². The number of rotatable bonds is 6. The van der Waals surface area contributed by atoms with Crippen molar-refractivity contribution in [3.05, 3.63) is 23.9 Å². The van der Waals surface area contributed by atoms with E-state index >= 15 is 0 Å². The van der Waals surface area contributed by atoms with Gasteiger partial charge in [0.2, 0.25) is 11.8 Å². The van der Waals surface area contributed by atoms with Gasteiger partial charge in [0.15, 0.2) is 0 Å². The second kappa shape index (κ2) is 6.87. The topological polar surface area (TPSA) is 54.5 Å². The SMILES string of the molecule is Cc1cccnc1OCC1(NC(=O)C[C@@H]2CCCN2C)CCC1. The van der Waals surface area contributed by atoms with Gasteiger partial charge in [-0.15, -0.1) is 0 Å². The summed E-state index contributed by atoms with van der Waals surface area (Å²) in [6.07, 6.45) is 7.79. The van der Waals surface area contributed by atoms with Gasteiger partial charge in [0, 0.05) is 24.2 Å². The van der Waals surface area contributed by atoms with Gasteiger partial charge in [-0.2, -0.15) is 0 Å². The summed E-state index contributed by atoms with van der Waals surface area (Å²) < 4.78 is 5.90. The van der Waals surface area contributed by atoms with Crippen molar-refractivity contribution in [2.45, 2.75) is 57.0 Å². The van der Waals surface area contributed by atoms with Crippen molar-refractivity contribution >= 4 is 5.91 Å². The maximum absolute atomic E-state index is 12.4. The Morgan fingerprint density at radius 1 is 1.48 bits per heavy atom. The van der Waals surface area contributed by atoms with Gasteiger partial charge in [0.05, 0.1) is 5.54 Å². The molecule has 1 aromatic heterocycles. The lowest BCUT2D eigenvalue weighted by atomic mass is 9.77. The molecule has 126 valence electrons. The number of likely N-dealkylation sites (tertiary alicyclic amines) is 1. The minimum Gasteiger partial charge on any atom is -0.475 e. The van der Waals surface area contributed by atoms with E-state index in [-0.39, 0.29) is 11.4 Å². The smallest absolute Gasteiger partial charge is 0.222 e. The highest BCUT2D eigenvalue weighted by Crippen LogP contribution is 2.33. The molecule has 5 heteroatoms. The number of hydrogen-bond acceptors (Lipinski definition) is 4. The average Bonchev–Trinajstić information content (AvgIpc) is 2.88. The van der Waals surface area contributed by atoms with Gasteiger partial charge < -0.3 is 15.0 Å². The minimum atomic E-state index is -0.196. The van der Waals surface area contributed by atoms with E-state index in [9.17, 15) is 4.79 Å². The number of amides is 1. The van der Waals surface area contributed by atoms with Crippen LogP contribution >= 0.6 is 0 Å². The lowest BCUT2D eigenvalue weighted by Crippen LogP contribution is -2.58. The molecule has 0 aromatic carbocycles. The van der Waals surface area contributed by atoms with E-state index in [1.807, 2.05) is 19.1 Å². The first-order valence-electron chi connectivity index (χ1n) is 8.64. The summed E-state index contributed by atoms with van der Waals surface area (Å²) in [5.41, 5.74) is 0.832. The fourth-order valence-electron chi connectivity index (χ4n) is 3.54. The van der Waals surface area contributed by atoms with Crippen molar-refractivity contribution in [1.82, 2.24) is 15.2 Å². The number of carbonyl (C=O) groups excluding carboxylic acids is 1. The fourth-order valence-corrected chi connectivity index (χ4v) is 3.54. The number of nitrogens with one attached hydrogen (secondary N) is 1. The van der Waals surface area contributed by atoms with Crippen LogP contribution in [0.1, 0.15) is 44.1 Å². The van der Waals surface area contributed by atoms with Gasteiger partial charge in [-0.25, -0.2) is 4.98 Å². The first kappa shape index (κ1) is 16.2.